The number of hydrogen-bond acceptors (Lipinski definition) is 20. The number of nitrogens with one attached hydrogen (secondary N) is 6. The fourth-order valence-electron chi connectivity index (χ4n) is 11.2. The second-order valence-corrected chi connectivity index (χ2v) is 22.4. The van der Waals surface area contributed by atoms with Gasteiger partial charge in [-0.3, -0.25) is 28.8 Å². The van der Waals surface area contributed by atoms with E-state index in [1.807, 2.05) is 0 Å². The van der Waals surface area contributed by atoms with Crippen molar-refractivity contribution in [2.24, 2.45) is 0 Å². The lowest BCUT2D eigenvalue weighted by atomic mass is 9.72. The van der Waals surface area contributed by atoms with Crippen LogP contribution in [0.3, 0.4) is 0 Å². The number of hydrogen-bond donors (Lipinski definition) is 11. The lowest BCUT2D eigenvalue weighted by molar-refractivity contribution is -0.249. The Bertz CT molecular complexity index is 3590. The molecule has 492 valence electrons. The van der Waals surface area contributed by atoms with Gasteiger partial charge in [0, 0.05) is 61.0 Å². The van der Waals surface area contributed by atoms with Crippen LogP contribution in [0, 0.1) is 0 Å². The van der Waals surface area contributed by atoms with Gasteiger partial charge in [0.15, 0.2) is 17.9 Å². The second-order valence-electron chi connectivity index (χ2n) is 22.4. The molecule has 2 aliphatic carbocycles. The zero-order valence-electron chi connectivity index (χ0n) is 51.1. The Morgan fingerprint density at radius 1 is 0.699 bits per heavy atom. The second kappa shape index (κ2) is 31.8. The number of methoxy groups -OCH3 is 1. The molecule has 0 spiro atoms. The number of carbonyl (C=O) groups is 9. The van der Waals surface area contributed by atoms with Gasteiger partial charge in [-0.2, -0.15) is 0 Å². The summed E-state index contributed by atoms with van der Waals surface area (Å²) in [5, 5.41) is 72.8. The number of anilines is 1. The van der Waals surface area contributed by atoms with E-state index in [-0.39, 0.29) is 85.7 Å². The minimum atomic E-state index is -2.43. The monoisotopic (exact) mass is 1280 g/mol. The van der Waals surface area contributed by atoms with Gasteiger partial charge < -0.3 is 85.9 Å². The van der Waals surface area contributed by atoms with Gasteiger partial charge >= 0.3 is 18.3 Å². The zero-order valence-corrected chi connectivity index (χ0v) is 51.1. The van der Waals surface area contributed by atoms with Crippen LogP contribution in [0.15, 0.2) is 128 Å². The van der Waals surface area contributed by atoms with Crippen LogP contribution in [0.25, 0.3) is 0 Å². The first kappa shape index (κ1) is 68.9. The number of rotatable bonds is 28. The Kier molecular flexibility index (Phi) is 23.6. The highest BCUT2D eigenvalue weighted by atomic mass is 16.7. The molecule has 5 aromatic carbocycles. The van der Waals surface area contributed by atoms with Crippen molar-refractivity contribution in [1.82, 2.24) is 26.6 Å². The van der Waals surface area contributed by atoms with E-state index in [0.717, 1.165) is 0 Å². The fraction of sp³-hybridized carbons (Fsp3) is 0.358. The summed E-state index contributed by atoms with van der Waals surface area (Å²) in [6.07, 6.45) is -6.07. The van der Waals surface area contributed by atoms with Crippen LogP contribution in [0.4, 0.5) is 20.1 Å². The Labute approximate surface area is 534 Å². The quantitative estimate of drug-likeness (QED) is 0.0137. The summed E-state index contributed by atoms with van der Waals surface area (Å²) in [4.78, 5) is 122. The number of Topliss-reactive ketones (excluding diaryl/α,β-unsaturated/α-hetero) is 1. The van der Waals surface area contributed by atoms with Crippen molar-refractivity contribution in [2.45, 2.75) is 119 Å². The van der Waals surface area contributed by atoms with Crippen molar-refractivity contribution in [3.05, 3.63) is 179 Å². The van der Waals surface area contributed by atoms with Gasteiger partial charge in [0.2, 0.25) is 23.5 Å². The Morgan fingerprint density at radius 3 is 1.94 bits per heavy atom. The maximum absolute atomic E-state index is 14.5. The molecule has 93 heavy (non-hydrogen) atoms. The van der Waals surface area contributed by atoms with Crippen molar-refractivity contribution < 1.29 is 97.1 Å². The van der Waals surface area contributed by atoms with Crippen LogP contribution in [-0.4, -0.2) is 161 Å². The maximum atomic E-state index is 14.5. The summed E-state index contributed by atoms with van der Waals surface area (Å²) in [5.74, 6) is -6.49. The minimum absolute atomic E-state index is 0.00340. The number of aromatic hydroxyl groups is 2. The highest BCUT2D eigenvalue weighted by molar-refractivity contribution is 6.31. The highest BCUT2D eigenvalue weighted by Crippen LogP contribution is 2.52. The zero-order chi connectivity index (χ0) is 66.9. The van der Waals surface area contributed by atoms with E-state index in [2.05, 4.69) is 45.1 Å². The molecule has 6 amide bonds. The number of alkyl carbamates (subject to hydrolysis) is 3. The number of ether oxygens (including phenoxy) is 6. The summed E-state index contributed by atoms with van der Waals surface area (Å²) in [5.41, 5.74) is -2.40. The number of aliphatic hydroxyl groups excluding tert-OH is 2. The smallest absolute Gasteiger partial charge is 0.408 e. The SMILES string of the molecule is C=CCOC(=O)NCCCCC(NC(=O)C(Cc1ccccc1)NC(=O)C(Cc1ccccc1)NC(=O)OCC=C)C(=O)Nc1ccc(COC(=O)NC2CC(OC3CC(O)(C(=O)CO)Cc4c(O)c5c(c(O)c43)C(=O)c3c(OC)cccc3C5=O)OC(C)C2O)cc1. The molecular formula is C67H74N6O20. The van der Waals surface area contributed by atoms with Gasteiger partial charge in [0.25, 0.3) is 0 Å². The molecule has 0 aromatic heterocycles. The molecule has 11 N–H and O–H groups in total. The van der Waals surface area contributed by atoms with Gasteiger partial charge in [0.1, 0.15) is 73.5 Å². The number of amides is 6. The molecule has 1 fully saturated rings. The third-order valence-corrected chi connectivity index (χ3v) is 15.9. The van der Waals surface area contributed by atoms with Gasteiger partial charge in [-0.05, 0) is 61.1 Å². The molecule has 0 bridgehead atoms. The number of phenols is 2. The van der Waals surface area contributed by atoms with E-state index in [1.54, 1.807) is 72.8 Å². The largest absolute Gasteiger partial charge is 0.507 e. The first-order valence-corrected chi connectivity index (χ1v) is 30.0. The lowest BCUT2D eigenvalue weighted by Gasteiger charge is -2.42. The normalized spacial score (nSPS) is 19.6. The average molecular weight is 1280 g/mol. The highest BCUT2D eigenvalue weighted by Gasteiger charge is 2.50. The van der Waals surface area contributed by atoms with E-state index in [4.69, 9.17) is 28.4 Å². The van der Waals surface area contributed by atoms with Crippen LogP contribution in [0.2, 0.25) is 0 Å². The van der Waals surface area contributed by atoms with Gasteiger partial charge in [-0.25, -0.2) is 14.4 Å². The van der Waals surface area contributed by atoms with Crippen molar-refractivity contribution in [3.63, 3.8) is 0 Å². The Hall–Kier alpha value is -9.99. The van der Waals surface area contributed by atoms with E-state index < -0.39 is 150 Å². The number of carbonyl (C=O) groups excluding carboxylic acids is 9. The van der Waals surface area contributed by atoms with Crippen molar-refractivity contribution in [3.8, 4) is 17.2 Å². The van der Waals surface area contributed by atoms with E-state index in [9.17, 15) is 68.7 Å². The minimum Gasteiger partial charge on any atom is -0.507 e. The van der Waals surface area contributed by atoms with Crippen LogP contribution in [-0.2, 0) is 68.7 Å². The van der Waals surface area contributed by atoms with E-state index in [0.29, 0.717) is 29.5 Å². The van der Waals surface area contributed by atoms with Crippen molar-refractivity contribution in [1.29, 1.82) is 0 Å². The Balaban J connectivity index is 0.932. The molecule has 1 aliphatic heterocycles. The molecule has 0 radical (unpaired) electrons. The van der Waals surface area contributed by atoms with E-state index in [1.165, 1.54) is 56.5 Å². The summed E-state index contributed by atoms with van der Waals surface area (Å²) >= 11 is 0. The number of benzene rings is 5. The first-order valence-electron chi connectivity index (χ1n) is 30.0. The van der Waals surface area contributed by atoms with E-state index >= 15 is 0 Å². The summed E-state index contributed by atoms with van der Waals surface area (Å²) in [6.45, 7) is 7.11. The molecule has 9 atom stereocenters. The molecule has 5 aromatic rings. The molecule has 3 aliphatic rings. The van der Waals surface area contributed by atoms with Gasteiger partial charge in [-0.1, -0.05) is 110 Å². The first-order chi connectivity index (χ1) is 44.7. The third-order valence-electron chi connectivity index (χ3n) is 15.9. The maximum Gasteiger partial charge on any atom is 0.408 e. The number of fused-ring (bicyclic) bond motifs is 3. The van der Waals surface area contributed by atoms with Crippen LogP contribution < -0.4 is 36.6 Å². The van der Waals surface area contributed by atoms with Crippen LogP contribution >= 0.6 is 0 Å². The molecule has 0 saturated carbocycles. The molecule has 1 saturated heterocycles. The third kappa shape index (κ3) is 17.1. The number of phenolic OH excluding ortho intramolecular Hbond substituents is 2. The topological polar surface area (TPSA) is 382 Å². The summed E-state index contributed by atoms with van der Waals surface area (Å²) < 4.78 is 33.2. The average Bonchev–Trinajstić information content (AvgIpc) is 0.726. The van der Waals surface area contributed by atoms with Gasteiger partial charge in [-0.15, -0.1) is 0 Å². The number of unbranched alkanes of at least 4 members (excludes halogenated alkanes) is 1. The fourth-order valence-corrected chi connectivity index (χ4v) is 11.2. The lowest BCUT2D eigenvalue weighted by Crippen LogP contribution is -2.57. The number of aliphatic hydroxyl groups is 3. The predicted molar refractivity (Wildman–Crippen MR) is 332 cm³/mol. The van der Waals surface area contributed by atoms with Crippen molar-refractivity contribution >= 4 is 59.0 Å². The van der Waals surface area contributed by atoms with Gasteiger partial charge in [0.05, 0.1) is 42.0 Å². The molecule has 26 heteroatoms. The summed E-state index contributed by atoms with van der Waals surface area (Å²) in [6, 6.07) is 23.3. The Morgan fingerprint density at radius 2 is 1.31 bits per heavy atom. The molecular weight excluding hydrogens is 1210 g/mol. The van der Waals surface area contributed by atoms with Crippen LogP contribution in [0.5, 0.6) is 17.2 Å². The summed E-state index contributed by atoms with van der Waals surface area (Å²) in [7, 11) is 1.28. The van der Waals surface area contributed by atoms with Crippen molar-refractivity contribution in [2.75, 3.05) is 38.8 Å². The standard InChI is InChI=1S/C67H74N6O20/c1-5-28-89-64(84)68-27-14-13-21-44(70-62(82)46(30-38-16-9-7-10-17-38)71-63(83)47(73-65(85)90-29-6-2)31-39-18-11-8-12-19-39)61(81)69-41-25-23-40(24-26-41)36-91-66(86)72-45-32-51(92-37(3)56(45)76)93-49-34-67(87,50(75)35-74)33-43-53(49)60(80)55-54(58(43)78)57(77)42-20-15-22-48(88-4)52(42)59(55)79/h5-12,15-20,22-26,37,44-47,49,51,56,74,76,78,80,87H,1-2,13-14,21,27-36H2,3-4H3,(H,68,84)(H,69,81)(H,70,82)(H,71,83)(H,72,86)(H,73,85). The van der Waals surface area contributed by atoms with Crippen LogP contribution in [0.1, 0.15) is 105 Å². The molecule has 9 unspecified atom stereocenters. The predicted octanol–water partition coefficient (Wildman–Crippen LogP) is 4.73. The number of ketones is 3. The molecule has 8 rings (SSSR count). The molecule has 26 nitrogen and oxygen atoms in total. The molecule has 1 heterocycles.